The van der Waals surface area contributed by atoms with Gasteiger partial charge in [0.15, 0.2) is 0 Å². The van der Waals surface area contributed by atoms with Gasteiger partial charge in [0.1, 0.15) is 0 Å². The number of aryl methyl sites for hydroxylation is 1. The van der Waals surface area contributed by atoms with Crippen molar-refractivity contribution in [2.24, 2.45) is 5.73 Å². The summed E-state index contributed by atoms with van der Waals surface area (Å²) in [5.41, 5.74) is 8.99. The Hall–Kier alpha value is -0.860. The third kappa shape index (κ3) is 3.12. The average molecular weight is 248 g/mol. The molecule has 0 unspecified atom stereocenters. The largest absolute Gasteiger partial charge is 0.329 e. The minimum Gasteiger partial charge on any atom is -0.329 e. The number of hydrogen-bond donors (Lipinski definition) is 1. The van der Waals surface area contributed by atoms with Crippen LogP contribution in [-0.4, -0.2) is 23.5 Å². The molecular formula is C16H28N2. The van der Waals surface area contributed by atoms with Gasteiger partial charge in [0.25, 0.3) is 0 Å². The van der Waals surface area contributed by atoms with Crippen molar-refractivity contribution in [2.75, 3.05) is 13.1 Å². The molecule has 18 heavy (non-hydrogen) atoms. The lowest BCUT2D eigenvalue weighted by Gasteiger charge is -2.42. The molecular weight excluding hydrogens is 220 g/mol. The molecule has 0 amide bonds. The number of nitrogens with two attached hydrogens (primary N) is 1. The summed E-state index contributed by atoms with van der Waals surface area (Å²) in [6.07, 6.45) is 2.22. The second-order valence-electron chi connectivity index (χ2n) is 5.08. The molecule has 0 spiro atoms. The Labute approximate surface area is 112 Å². The first kappa shape index (κ1) is 15.2. The van der Waals surface area contributed by atoms with Crippen LogP contribution >= 0.6 is 0 Å². The molecule has 0 aliphatic carbocycles. The van der Waals surface area contributed by atoms with E-state index in [0.717, 1.165) is 32.5 Å². The lowest BCUT2D eigenvalue weighted by atomic mass is 9.89. The summed E-state index contributed by atoms with van der Waals surface area (Å²) in [4.78, 5) is 2.54. The van der Waals surface area contributed by atoms with E-state index >= 15 is 0 Å². The van der Waals surface area contributed by atoms with Crippen LogP contribution in [0, 0.1) is 6.92 Å². The maximum absolute atomic E-state index is 6.06. The second-order valence-corrected chi connectivity index (χ2v) is 5.08. The molecule has 1 aromatic rings. The summed E-state index contributed by atoms with van der Waals surface area (Å²) in [5.74, 6) is 0. The monoisotopic (exact) mass is 248 g/mol. The van der Waals surface area contributed by atoms with Gasteiger partial charge in [-0.1, -0.05) is 45.0 Å². The molecule has 0 aliphatic rings. The van der Waals surface area contributed by atoms with Crippen LogP contribution in [0.1, 0.15) is 44.7 Å². The first-order valence-electron chi connectivity index (χ1n) is 7.13. The van der Waals surface area contributed by atoms with E-state index in [-0.39, 0.29) is 5.54 Å². The molecule has 0 fully saturated rings. The van der Waals surface area contributed by atoms with Crippen LogP contribution in [-0.2, 0) is 6.54 Å². The molecule has 102 valence electrons. The topological polar surface area (TPSA) is 29.3 Å². The summed E-state index contributed by atoms with van der Waals surface area (Å²) < 4.78 is 0. The summed E-state index contributed by atoms with van der Waals surface area (Å²) in [6, 6.07) is 8.64. The molecule has 1 rings (SSSR count). The molecule has 0 atom stereocenters. The SMILES string of the molecule is CCN(Cc1ccccc1C)C(CC)(CC)CN. The van der Waals surface area contributed by atoms with Crippen molar-refractivity contribution in [3.05, 3.63) is 35.4 Å². The summed E-state index contributed by atoms with van der Waals surface area (Å²) in [5, 5.41) is 0. The Morgan fingerprint density at radius 3 is 2.17 bits per heavy atom. The highest BCUT2D eigenvalue weighted by molar-refractivity contribution is 5.25. The van der Waals surface area contributed by atoms with Crippen molar-refractivity contribution in [3.8, 4) is 0 Å². The first-order valence-corrected chi connectivity index (χ1v) is 7.13. The Morgan fingerprint density at radius 2 is 1.72 bits per heavy atom. The molecule has 0 heterocycles. The van der Waals surface area contributed by atoms with Gasteiger partial charge in [-0.15, -0.1) is 0 Å². The minimum atomic E-state index is 0.150. The van der Waals surface area contributed by atoms with Gasteiger partial charge in [0, 0.05) is 18.6 Å². The molecule has 2 heteroatoms. The zero-order valence-electron chi connectivity index (χ0n) is 12.4. The highest BCUT2D eigenvalue weighted by Crippen LogP contribution is 2.25. The van der Waals surface area contributed by atoms with Crippen LogP contribution in [0.3, 0.4) is 0 Å². The van der Waals surface area contributed by atoms with E-state index in [1.54, 1.807) is 0 Å². The van der Waals surface area contributed by atoms with Crippen LogP contribution in [0.4, 0.5) is 0 Å². The highest BCUT2D eigenvalue weighted by Gasteiger charge is 2.30. The van der Waals surface area contributed by atoms with E-state index in [0.29, 0.717) is 0 Å². The first-order chi connectivity index (χ1) is 8.63. The molecule has 0 aromatic heterocycles. The van der Waals surface area contributed by atoms with E-state index in [2.05, 4.69) is 56.9 Å². The fourth-order valence-corrected chi connectivity index (χ4v) is 2.72. The predicted octanol–water partition coefficient (Wildman–Crippen LogP) is 3.33. The molecule has 0 saturated carbocycles. The maximum Gasteiger partial charge on any atom is 0.0329 e. The molecule has 2 nitrogen and oxygen atoms in total. The third-order valence-corrected chi connectivity index (χ3v) is 4.37. The molecule has 0 saturated heterocycles. The van der Waals surface area contributed by atoms with Crippen molar-refractivity contribution < 1.29 is 0 Å². The Morgan fingerprint density at radius 1 is 1.11 bits per heavy atom. The second kappa shape index (κ2) is 6.91. The Balaban J connectivity index is 2.94. The van der Waals surface area contributed by atoms with Gasteiger partial charge in [-0.2, -0.15) is 0 Å². The van der Waals surface area contributed by atoms with Crippen molar-refractivity contribution in [3.63, 3.8) is 0 Å². The Kier molecular flexibility index (Phi) is 5.83. The van der Waals surface area contributed by atoms with Gasteiger partial charge in [-0.3, -0.25) is 4.90 Å². The fourth-order valence-electron chi connectivity index (χ4n) is 2.72. The van der Waals surface area contributed by atoms with Crippen LogP contribution < -0.4 is 5.73 Å². The van der Waals surface area contributed by atoms with E-state index in [9.17, 15) is 0 Å². The van der Waals surface area contributed by atoms with Gasteiger partial charge in [-0.05, 0) is 37.4 Å². The smallest absolute Gasteiger partial charge is 0.0329 e. The van der Waals surface area contributed by atoms with Crippen molar-refractivity contribution in [2.45, 2.75) is 52.6 Å². The quantitative estimate of drug-likeness (QED) is 0.802. The highest BCUT2D eigenvalue weighted by atomic mass is 15.2. The van der Waals surface area contributed by atoms with Gasteiger partial charge in [0.05, 0.1) is 0 Å². The maximum atomic E-state index is 6.06. The van der Waals surface area contributed by atoms with Gasteiger partial charge in [-0.25, -0.2) is 0 Å². The number of rotatable bonds is 7. The fraction of sp³-hybridized carbons (Fsp3) is 0.625. The van der Waals surface area contributed by atoms with Gasteiger partial charge >= 0.3 is 0 Å². The van der Waals surface area contributed by atoms with E-state index < -0.39 is 0 Å². The van der Waals surface area contributed by atoms with E-state index in [1.165, 1.54) is 11.1 Å². The van der Waals surface area contributed by atoms with Crippen LogP contribution in [0.5, 0.6) is 0 Å². The summed E-state index contributed by atoms with van der Waals surface area (Å²) in [7, 11) is 0. The zero-order valence-corrected chi connectivity index (χ0v) is 12.4. The molecule has 2 N–H and O–H groups in total. The Bertz CT molecular complexity index is 348. The number of likely N-dealkylation sites (N-methyl/N-ethyl adjacent to an activating group) is 1. The van der Waals surface area contributed by atoms with E-state index in [1.807, 2.05) is 0 Å². The van der Waals surface area contributed by atoms with Crippen molar-refractivity contribution in [1.29, 1.82) is 0 Å². The van der Waals surface area contributed by atoms with Crippen LogP contribution in [0.25, 0.3) is 0 Å². The lowest BCUT2D eigenvalue weighted by molar-refractivity contribution is 0.0826. The number of benzene rings is 1. The zero-order chi connectivity index (χ0) is 13.6. The van der Waals surface area contributed by atoms with Gasteiger partial charge < -0.3 is 5.73 Å². The van der Waals surface area contributed by atoms with Crippen LogP contribution in [0.2, 0.25) is 0 Å². The minimum absolute atomic E-state index is 0.150. The molecule has 0 aliphatic heterocycles. The molecule has 1 aromatic carbocycles. The normalized spacial score (nSPS) is 12.1. The number of hydrogen-bond acceptors (Lipinski definition) is 2. The van der Waals surface area contributed by atoms with Crippen LogP contribution in [0.15, 0.2) is 24.3 Å². The standard InChI is InChI=1S/C16H28N2/c1-5-16(6-2,13-17)18(7-3)12-15-11-9-8-10-14(15)4/h8-11H,5-7,12-13,17H2,1-4H3. The third-order valence-electron chi connectivity index (χ3n) is 4.37. The summed E-state index contributed by atoms with van der Waals surface area (Å²) in [6.45, 7) is 11.7. The van der Waals surface area contributed by atoms with Crippen molar-refractivity contribution >= 4 is 0 Å². The van der Waals surface area contributed by atoms with Gasteiger partial charge in [0.2, 0.25) is 0 Å². The molecule has 0 bridgehead atoms. The lowest BCUT2D eigenvalue weighted by Crippen LogP contribution is -2.52. The van der Waals surface area contributed by atoms with E-state index in [4.69, 9.17) is 5.73 Å². The molecule has 0 radical (unpaired) electrons. The average Bonchev–Trinajstić information content (AvgIpc) is 2.42. The van der Waals surface area contributed by atoms with Crippen molar-refractivity contribution in [1.82, 2.24) is 4.90 Å². The predicted molar refractivity (Wildman–Crippen MR) is 79.6 cm³/mol. The number of nitrogens with zero attached hydrogens (tertiary/aromatic N) is 1. The summed E-state index contributed by atoms with van der Waals surface area (Å²) >= 11 is 0.